The summed E-state index contributed by atoms with van der Waals surface area (Å²) in [6.45, 7) is 2.05. The summed E-state index contributed by atoms with van der Waals surface area (Å²) < 4.78 is 10.9. The Balaban J connectivity index is 2.33. The molecule has 0 aliphatic carbocycles. The molecular formula is C16H16N2O2S. The number of hydrogen-bond donors (Lipinski definition) is 1. The molecule has 108 valence electrons. The topological polar surface area (TPSA) is 68.3 Å². The molecule has 0 saturated carbocycles. The summed E-state index contributed by atoms with van der Waals surface area (Å²) in [5, 5.41) is 9.35. The molecule has 0 fully saturated rings. The second-order valence-electron chi connectivity index (χ2n) is 4.18. The third kappa shape index (κ3) is 3.41. The first-order valence-corrected chi connectivity index (χ1v) is 7.45. The van der Waals surface area contributed by atoms with Crippen molar-refractivity contribution in [2.45, 2.75) is 11.8 Å². The zero-order valence-electron chi connectivity index (χ0n) is 11.9. The van der Waals surface area contributed by atoms with Gasteiger partial charge in [-0.2, -0.15) is 5.26 Å². The molecule has 4 nitrogen and oxygen atoms in total. The Kier molecular flexibility index (Phi) is 4.96. The van der Waals surface area contributed by atoms with Crippen molar-refractivity contribution in [1.29, 1.82) is 5.26 Å². The van der Waals surface area contributed by atoms with Crippen LogP contribution in [0, 0.1) is 11.3 Å². The number of nitrogens with two attached hydrogens (primary N) is 1. The first kappa shape index (κ1) is 15.1. The van der Waals surface area contributed by atoms with Crippen molar-refractivity contribution in [3.8, 4) is 23.3 Å². The molecule has 0 amide bonds. The Morgan fingerprint density at radius 1 is 1.24 bits per heavy atom. The van der Waals surface area contributed by atoms with Crippen molar-refractivity contribution in [1.82, 2.24) is 0 Å². The highest BCUT2D eigenvalue weighted by molar-refractivity contribution is 7.99. The number of nitriles is 1. The highest BCUT2D eigenvalue weighted by atomic mass is 32.2. The fourth-order valence-corrected chi connectivity index (χ4v) is 2.66. The van der Waals surface area contributed by atoms with Crippen molar-refractivity contribution in [3.05, 3.63) is 42.0 Å². The zero-order valence-corrected chi connectivity index (χ0v) is 12.7. The summed E-state index contributed by atoms with van der Waals surface area (Å²) >= 11 is 1.61. The minimum Gasteiger partial charge on any atom is -0.495 e. The lowest BCUT2D eigenvalue weighted by molar-refractivity contribution is 0.415. The molecule has 0 saturated heterocycles. The van der Waals surface area contributed by atoms with Gasteiger partial charge < -0.3 is 15.2 Å². The molecule has 0 spiro atoms. The van der Waals surface area contributed by atoms with Crippen LogP contribution in [0.3, 0.4) is 0 Å². The Labute approximate surface area is 128 Å². The molecule has 21 heavy (non-hydrogen) atoms. The normalized spacial score (nSPS) is 9.95. The number of rotatable bonds is 5. The Hall–Kier alpha value is -2.32. The SMILES string of the molecule is CCSc1cccc(Oc2ccc(OC)c(N)c2)c1C#N. The number of nitrogen functional groups attached to an aromatic ring is 1. The molecule has 0 aliphatic heterocycles. The number of methoxy groups -OCH3 is 1. The molecule has 2 aromatic rings. The number of ether oxygens (including phenoxy) is 2. The lowest BCUT2D eigenvalue weighted by Crippen LogP contribution is -1.94. The fourth-order valence-electron chi connectivity index (χ4n) is 1.88. The van der Waals surface area contributed by atoms with E-state index in [4.69, 9.17) is 15.2 Å². The standard InChI is InChI=1S/C16H16N2O2S/c1-3-21-16-6-4-5-14(12(16)10-17)20-11-7-8-15(19-2)13(18)9-11/h4-9H,3,18H2,1-2H3. The van der Waals surface area contributed by atoms with E-state index < -0.39 is 0 Å². The molecule has 0 unspecified atom stereocenters. The van der Waals surface area contributed by atoms with Gasteiger partial charge in [0.25, 0.3) is 0 Å². The van der Waals surface area contributed by atoms with Crippen LogP contribution in [-0.2, 0) is 0 Å². The minimum atomic E-state index is 0.493. The molecule has 0 atom stereocenters. The number of thioether (sulfide) groups is 1. The van der Waals surface area contributed by atoms with Crippen LogP contribution >= 0.6 is 11.8 Å². The number of nitrogens with zero attached hydrogens (tertiary/aromatic N) is 1. The van der Waals surface area contributed by atoms with E-state index in [-0.39, 0.29) is 0 Å². The van der Waals surface area contributed by atoms with Gasteiger partial charge in [-0.1, -0.05) is 13.0 Å². The van der Waals surface area contributed by atoms with E-state index in [1.54, 1.807) is 43.1 Å². The first-order valence-electron chi connectivity index (χ1n) is 6.46. The predicted molar refractivity (Wildman–Crippen MR) is 85.0 cm³/mol. The molecule has 0 bridgehead atoms. The molecule has 0 aliphatic rings. The Bertz CT molecular complexity index is 680. The lowest BCUT2D eigenvalue weighted by atomic mass is 10.2. The minimum absolute atomic E-state index is 0.493. The van der Waals surface area contributed by atoms with Gasteiger partial charge in [0, 0.05) is 11.0 Å². The smallest absolute Gasteiger partial charge is 0.146 e. The molecule has 0 heterocycles. The second-order valence-corrected chi connectivity index (χ2v) is 5.49. The maximum Gasteiger partial charge on any atom is 0.146 e. The van der Waals surface area contributed by atoms with Gasteiger partial charge in [0.2, 0.25) is 0 Å². The summed E-state index contributed by atoms with van der Waals surface area (Å²) in [5.41, 5.74) is 6.89. The van der Waals surface area contributed by atoms with Gasteiger partial charge in [-0.15, -0.1) is 11.8 Å². The van der Waals surface area contributed by atoms with Crippen molar-refractivity contribution < 1.29 is 9.47 Å². The monoisotopic (exact) mass is 300 g/mol. The summed E-state index contributed by atoms with van der Waals surface area (Å²) in [4.78, 5) is 0.916. The van der Waals surface area contributed by atoms with E-state index in [0.29, 0.717) is 28.5 Å². The maximum atomic E-state index is 9.35. The molecule has 0 aromatic heterocycles. The summed E-state index contributed by atoms with van der Waals surface area (Å²) in [5.74, 6) is 2.59. The average Bonchev–Trinajstić information content (AvgIpc) is 2.48. The van der Waals surface area contributed by atoms with Crippen LogP contribution < -0.4 is 15.2 Å². The molecule has 2 aromatic carbocycles. The zero-order chi connectivity index (χ0) is 15.2. The van der Waals surface area contributed by atoms with Gasteiger partial charge in [0.15, 0.2) is 0 Å². The highest BCUT2D eigenvalue weighted by Gasteiger charge is 2.11. The van der Waals surface area contributed by atoms with Gasteiger partial charge in [0.05, 0.1) is 12.8 Å². The van der Waals surface area contributed by atoms with Crippen LogP contribution in [0.2, 0.25) is 0 Å². The van der Waals surface area contributed by atoms with Crippen LogP contribution in [0.15, 0.2) is 41.3 Å². The first-order chi connectivity index (χ1) is 10.2. The van der Waals surface area contributed by atoms with Crippen LogP contribution in [0.5, 0.6) is 17.2 Å². The van der Waals surface area contributed by atoms with E-state index >= 15 is 0 Å². The third-order valence-corrected chi connectivity index (χ3v) is 3.77. The number of benzene rings is 2. The summed E-state index contributed by atoms with van der Waals surface area (Å²) in [7, 11) is 1.56. The van der Waals surface area contributed by atoms with Crippen LogP contribution in [-0.4, -0.2) is 12.9 Å². The Morgan fingerprint density at radius 2 is 2.05 bits per heavy atom. The maximum absolute atomic E-state index is 9.35. The molecule has 2 N–H and O–H groups in total. The quantitative estimate of drug-likeness (QED) is 0.666. The van der Waals surface area contributed by atoms with Gasteiger partial charge in [-0.05, 0) is 30.0 Å². The van der Waals surface area contributed by atoms with E-state index in [2.05, 4.69) is 6.07 Å². The fraction of sp³-hybridized carbons (Fsp3) is 0.188. The van der Waals surface area contributed by atoms with E-state index in [9.17, 15) is 5.26 Å². The summed E-state index contributed by atoms with van der Waals surface area (Å²) in [6, 6.07) is 13.0. The van der Waals surface area contributed by atoms with Crippen molar-refractivity contribution in [2.24, 2.45) is 0 Å². The number of anilines is 1. The predicted octanol–water partition coefficient (Wildman–Crippen LogP) is 4.05. The summed E-state index contributed by atoms with van der Waals surface area (Å²) in [6.07, 6.45) is 0. The average molecular weight is 300 g/mol. The van der Waals surface area contributed by atoms with E-state index in [0.717, 1.165) is 10.6 Å². The Morgan fingerprint density at radius 3 is 2.67 bits per heavy atom. The van der Waals surface area contributed by atoms with Crippen LogP contribution in [0.25, 0.3) is 0 Å². The third-order valence-electron chi connectivity index (χ3n) is 2.83. The molecular weight excluding hydrogens is 284 g/mol. The molecule has 5 heteroatoms. The van der Waals surface area contributed by atoms with Crippen molar-refractivity contribution >= 4 is 17.4 Å². The highest BCUT2D eigenvalue weighted by Crippen LogP contribution is 2.34. The van der Waals surface area contributed by atoms with Crippen molar-refractivity contribution in [2.75, 3.05) is 18.6 Å². The van der Waals surface area contributed by atoms with Crippen molar-refractivity contribution in [3.63, 3.8) is 0 Å². The number of hydrogen-bond acceptors (Lipinski definition) is 5. The van der Waals surface area contributed by atoms with E-state index in [1.807, 2.05) is 19.1 Å². The van der Waals surface area contributed by atoms with Gasteiger partial charge in [-0.25, -0.2) is 0 Å². The lowest BCUT2D eigenvalue weighted by Gasteiger charge is -2.11. The van der Waals surface area contributed by atoms with Gasteiger partial charge in [0.1, 0.15) is 28.9 Å². The van der Waals surface area contributed by atoms with Crippen LogP contribution in [0.1, 0.15) is 12.5 Å². The second kappa shape index (κ2) is 6.91. The van der Waals surface area contributed by atoms with E-state index in [1.165, 1.54) is 0 Å². The van der Waals surface area contributed by atoms with Gasteiger partial charge >= 0.3 is 0 Å². The largest absolute Gasteiger partial charge is 0.495 e. The molecule has 2 rings (SSSR count). The molecule has 0 radical (unpaired) electrons. The van der Waals surface area contributed by atoms with Crippen LogP contribution in [0.4, 0.5) is 5.69 Å². The van der Waals surface area contributed by atoms with Gasteiger partial charge in [-0.3, -0.25) is 0 Å².